The van der Waals surface area contributed by atoms with Gasteiger partial charge in [-0.05, 0) is 36.1 Å². The van der Waals surface area contributed by atoms with Gasteiger partial charge in [0, 0.05) is 0 Å². The minimum Gasteiger partial charge on any atom is -0.508 e. The summed E-state index contributed by atoms with van der Waals surface area (Å²) in [6.45, 7) is 3.24. The fourth-order valence-corrected chi connectivity index (χ4v) is 13.4. The van der Waals surface area contributed by atoms with Gasteiger partial charge in [-0.15, -0.1) is 0 Å². The predicted octanol–water partition coefficient (Wildman–Crippen LogP) is 2.86. The average molecular weight is 596 g/mol. The van der Waals surface area contributed by atoms with E-state index in [0.29, 0.717) is 12.2 Å². The van der Waals surface area contributed by atoms with Crippen LogP contribution >= 0.6 is 22.4 Å². The molecule has 3 rings (SSSR count). The van der Waals surface area contributed by atoms with Gasteiger partial charge in [-0.2, -0.15) is 5.10 Å². The molecule has 0 amide bonds. The van der Waals surface area contributed by atoms with Crippen LogP contribution in [0.2, 0.25) is 0 Å². The minimum absolute atomic E-state index is 0.00187. The van der Waals surface area contributed by atoms with Gasteiger partial charge in [0.05, 0.1) is 6.21 Å². The van der Waals surface area contributed by atoms with Crippen LogP contribution in [0.15, 0.2) is 53.6 Å². The Morgan fingerprint density at radius 3 is 2.32 bits per heavy atom. The second-order valence-electron chi connectivity index (χ2n) is 9.11. The Balaban J connectivity index is 1.61. The summed E-state index contributed by atoms with van der Waals surface area (Å²) in [7, 11) is -8.93. The summed E-state index contributed by atoms with van der Waals surface area (Å²) in [5.74, 6) is 0.918. The van der Waals surface area contributed by atoms with E-state index in [9.17, 15) is 34.1 Å². The number of phenols is 1. The molecule has 2 aromatic rings. The zero-order chi connectivity index (χ0) is 27.4. The van der Waals surface area contributed by atoms with Crippen LogP contribution in [0.5, 0.6) is 11.5 Å². The first kappa shape index (κ1) is 30.3. The number of phenolic OH excluding ortho intramolecular Hbond substituents is 1. The maximum absolute atomic E-state index is 11.4. The Labute approximate surface area is 220 Å². The van der Waals surface area contributed by atoms with Crippen molar-refractivity contribution < 1.29 is 38.9 Å². The summed E-state index contributed by atoms with van der Waals surface area (Å²) in [6, 6.07) is 14.3. The van der Waals surface area contributed by atoms with E-state index in [2.05, 4.69) is 29.4 Å². The molecular weight excluding hydrogens is 559 g/mol. The fraction of sp³-hybridized carbons (Fsp3) is 0.409. The van der Waals surface area contributed by atoms with E-state index in [1.807, 2.05) is 24.3 Å². The first-order valence-corrected chi connectivity index (χ1v) is 19.2. The molecule has 1 aliphatic heterocycles. The van der Waals surface area contributed by atoms with Crippen molar-refractivity contribution in [2.45, 2.75) is 32.0 Å². The molecule has 0 spiro atoms. The van der Waals surface area contributed by atoms with E-state index in [0.717, 1.165) is 17.5 Å². The summed E-state index contributed by atoms with van der Waals surface area (Å²) >= 11 is 0. The van der Waals surface area contributed by atoms with Gasteiger partial charge in [-0.3, -0.25) is 0 Å². The van der Waals surface area contributed by atoms with Crippen molar-refractivity contribution in [3.63, 3.8) is 0 Å². The Hall–Kier alpha value is -1.29. The van der Waals surface area contributed by atoms with Gasteiger partial charge in [-0.1, -0.05) is 0 Å². The second kappa shape index (κ2) is 12.3. The van der Waals surface area contributed by atoms with Crippen molar-refractivity contribution in [3.05, 3.63) is 59.7 Å². The monoisotopic (exact) mass is 595 g/mol. The Morgan fingerprint density at radius 1 is 1.16 bits per heavy atom. The van der Waals surface area contributed by atoms with Crippen molar-refractivity contribution in [3.8, 4) is 11.5 Å². The van der Waals surface area contributed by atoms with E-state index in [1.165, 1.54) is 4.90 Å². The van der Waals surface area contributed by atoms with E-state index in [1.54, 1.807) is 30.5 Å². The third-order valence-corrected chi connectivity index (χ3v) is 15.0. The Morgan fingerprint density at radius 2 is 1.78 bits per heavy atom. The third-order valence-electron chi connectivity index (χ3n) is 5.82. The van der Waals surface area contributed by atoms with Crippen molar-refractivity contribution >= 4 is 38.9 Å². The number of ether oxygens (including phenoxy) is 1. The molecule has 11 nitrogen and oxygen atoms in total. The van der Waals surface area contributed by atoms with Crippen LogP contribution in [0.4, 0.5) is 0 Å². The molecule has 0 aromatic heterocycles. The number of hydrogen-bond acceptors (Lipinski definition) is 9. The first-order valence-electron chi connectivity index (χ1n) is 11.6. The van der Waals surface area contributed by atoms with Gasteiger partial charge in [0.25, 0.3) is 0 Å². The molecule has 37 heavy (non-hydrogen) atoms. The molecule has 1 aliphatic rings. The molecule has 15 heteroatoms. The molecule has 1 heterocycles. The SMILES string of the molecule is CCC(C)(Oc1ccc(CCN(CP(=O)(O)O)C[PH](O)(O)O)cc1)[PH]1=S(C)N1N=Cc1ccc(O)cc1. The molecule has 6 N–H and O–H groups in total. The number of nitrogens with zero attached hydrogens (tertiary/aromatic N) is 3. The number of rotatable bonds is 13. The summed E-state index contributed by atoms with van der Waals surface area (Å²) in [4.78, 5) is 47.7. The first-order chi connectivity index (χ1) is 17.2. The maximum atomic E-state index is 11.4. The Bertz CT molecular complexity index is 1190. The zero-order valence-electron chi connectivity index (χ0n) is 20.9. The van der Waals surface area contributed by atoms with Crippen molar-refractivity contribution in [2.75, 3.05) is 25.4 Å². The molecule has 0 fully saturated rings. The van der Waals surface area contributed by atoms with E-state index < -0.39 is 35.0 Å². The average Bonchev–Trinajstić information content (AvgIpc) is 3.46. The summed E-state index contributed by atoms with van der Waals surface area (Å²) in [5, 5.41) is 13.7. The van der Waals surface area contributed by atoms with E-state index in [-0.39, 0.29) is 27.9 Å². The van der Waals surface area contributed by atoms with Crippen LogP contribution in [-0.2, 0) is 21.2 Å². The summed E-state index contributed by atoms with van der Waals surface area (Å²) in [6.07, 6.45) is 3.90. The van der Waals surface area contributed by atoms with Gasteiger partial charge in [0.15, 0.2) is 0 Å². The quantitative estimate of drug-likeness (QED) is 0.150. The number of hydrogen-bond donors (Lipinski definition) is 6. The Kier molecular flexibility index (Phi) is 10.0. The molecule has 0 radical (unpaired) electrons. The third kappa shape index (κ3) is 9.44. The minimum atomic E-state index is -4.50. The van der Waals surface area contributed by atoms with Crippen LogP contribution in [0.3, 0.4) is 0 Å². The molecule has 208 valence electrons. The van der Waals surface area contributed by atoms with Gasteiger partial charge in [0.2, 0.25) is 0 Å². The smallest absolute Gasteiger partial charge is 0.508 e. The molecule has 0 bridgehead atoms. The van der Waals surface area contributed by atoms with Crippen LogP contribution < -0.4 is 4.74 Å². The molecule has 3 atom stereocenters. The summed E-state index contributed by atoms with van der Waals surface area (Å²) < 4.78 is 19.9. The van der Waals surface area contributed by atoms with E-state index >= 15 is 0 Å². The van der Waals surface area contributed by atoms with Crippen molar-refractivity contribution in [2.24, 2.45) is 5.10 Å². The predicted molar refractivity (Wildman–Crippen MR) is 152 cm³/mol. The van der Waals surface area contributed by atoms with Crippen LogP contribution in [0.1, 0.15) is 31.4 Å². The zero-order valence-corrected chi connectivity index (χ0v) is 24.6. The standard InChI is InChI=1S/C22H36N3O8P3S/c1-4-22(2,34-25(37(34)3)23-15-19-5-9-20(26)10-6-19)33-21-11-7-18(8-12-21)13-14-24(16-35(27,28)29)17-36(30,31)32/h5-12,15,26-29,34-35H,4,13-14,16-17H2,1-3H3,(H2,30,31,32). The molecule has 0 saturated heterocycles. The number of benzene rings is 2. The van der Waals surface area contributed by atoms with E-state index in [4.69, 9.17) is 4.74 Å². The molecule has 0 aliphatic carbocycles. The van der Waals surface area contributed by atoms with Gasteiger partial charge < -0.3 is 5.11 Å². The topological polar surface area (TPSA) is 166 Å². The van der Waals surface area contributed by atoms with Crippen molar-refractivity contribution in [1.82, 2.24) is 9.08 Å². The van der Waals surface area contributed by atoms with Gasteiger partial charge in [0.1, 0.15) is 5.75 Å². The number of hydrazone groups is 1. The van der Waals surface area contributed by atoms with Crippen LogP contribution in [0.25, 0.3) is 0 Å². The van der Waals surface area contributed by atoms with Crippen molar-refractivity contribution in [1.29, 1.82) is 0 Å². The molecule has 2 aromatic carbocycles. The molecule has 0 saturated carbocycles. The number of aromatic hydroxyl groups is 1. The molecule has 3 unspecified atom stereocenters. The fourth-order valence-electron chi connectivity index (χ4n) is 3.80. The van der Waals surface area contributed by atoms with Crippen LogP contribution in [0, 0.1) is 0 Å². The normalized spacial score (nSPS) is 20.3. The van der Waals surface area contributed by atoms with Crippen LogP contribution in [-0.4, -0.2) is 75.6 Å². The molecular formula is C22H36N3O8P3S. The van der Waals surface area contributed by atoms with Gasteiger partial charge >= 0.3 is 162 Å². The second-order valence-corrected chi connectivity index (χ2v) is 19.2. The summed E-state index contributed by atoms with van der Waals surface area (Å²) in [5.41, 5.74) is 1.78. The van der Waals surface area contributed by atoms with Gasteiger partial charge in [-0.25, -0.2) is 0 Å².